The van der Waals surface area contributed by atoms with Crippen molar-refractivity contribution in [3.63, 3.8) is 0 Å². The first-order valence-corrected chi connectivity index (χ1v) is 8.15. The number of piperidine rings is 1. The van der Waals surface area contributed by atoms with Gasteiger partial charge in [0.05, 0.1) is 24.1 Å². The maximum atomic E-state index is 10.4. The van der Waals surface area contributed by atoms with Crippen LogP contribution in [0.1, 0.15) is 26.2 Å². The summed E-state index contributed by atoms with van der Waals surface area (Å²) in [6.07, 6.45) is 2.66. The van der Waals surface area contributed by atoms with E-state index < -0.39 is 17.3 Å². The minimum absolute atomic E-state index is 0.165. The first kappa shape index (κ1) is 15.6. The minimum atomic E-state index is -1.11. The largest absolute Gasteiger partial charge is 0.388 e. The number of hydrogen-bond acceptors (Lipinski definition) is 8. The van der Waals surface area contributed by atoms with E-state index in [9.17, 15) is 10.2 Å². The van der Waals surface area contributed by atoms with E-state index in [1.807, 2.05) is 0 Å². The molecule has 0 amide bonds. The summed E-state index contributed by atoms with van der Waals surface area (Å²) in [5.74, 6) is 0.942. The van der Waals surface area contributed by atoms with Crippen molar-refractivity contribution in [1.29, 1.82) is 0 Å². The van der Waals surface area contributed by atoms with E-state index in [1.165, 1.54) is 0 Å². The molecule has 0 saturated carbocycles. The molecule has 2 saturated heterocycles. The molecule has 0 radical (unpaired) electrons. The van der Waals surface area contributed by atoms with Crippen molar-refractivity contribution in [2.45, 2.75) is 43.5 Å². The predicted octanol–water partition coefficient (Wildman–Crippen LogP) is -0.194. The molecule has 0 aliphatic carbocycles. The number of fused-ring (bicyclic) bond motifs is 1. The predicted molar refractivity (Wildman–Crippen MR) is 87.5 cm³/mol. The van der Waals surface area contributed by atoms with Crippen molar-refractivity contribution < 1.29 is 14.9 Å². The van der Waals surface area contributed by atoms with E-state index in [-0.39, 0.29) is 12.6 Å². The lowest BCUT2D eigenvalue weighted by Gasteiger charge is -2.50. The van der Waals surface area contributed by atoms with Crippen LogP contribution < -0.4 is 10.6 Å². The van der Waals surface area contributed by atoms with Crippen LogP contribution in [-0.2, 0) is 4.74 Å². The highest BCUT2D eigenvalue weighted by atomic mass is 16.5. The minimum Gasteiger partial charge on any atom is -0.388 e. The second-order valence-electron chi connectivity index (χ2n) is 7.04. The average molecular weight is 334 g/mol. The fraction of sp³-hybridized carbons (Fsp3) is 0.667. The van der Waals surface area contributed by atoms with Gasteiger partial charge in [-0.25, -0.2) is 4.98 Å². The molecule has 2 aromatic heterocycles. The third-order valence-electron chi connectivity index (χ3n) is 5.20. The van der Waals surface area contributed by atoms with Gasteiger partial charge in [0, 0.05) is 19.5 Å². The summed E-state index contributed by atoms with van der Waals surface area (Å²) in [7, 11) is 0. The van der Waals surface area contributed by atoms with Crippen LogP contribution in [0.3, 0.4) is 0 Å². The molecular formula is C15H22N6O3. The van der Waals surface area contributed by atoms with Gasteiger partial charge in [0.2, 0.25) is 5.95 Å². The number of imidazole rings is 1. The molecule has 2 aromatic rings. The Morgan fingerprint density at radius 2 is 2.12 bits per heavy atom. The second kappa shape index (κ2) is 5.27. The number of ether oxygens (including phenoxy) is 1. The number of H-pyrrole nitrogens is 1. The number of nitrogens with one attached hydrogen (secondary N) is 1. The summed E-state index contributed by atoms with van der Waals surface area (Å²) in [4.78, 5) is 17.8. The van der Waals surface area contributed by atoms with Gasteiger partial charge in [-0.2, -0.15) is 9.97 Å². The quantitative estimate of drug-likeness (QED) is 0.564. The Morgan fingerprint density at radius 3 is 2.83 bits per heavy atom. The Morgan fingerprint density at radius 1 is 1.38 bits per heavy atom. The number of hydrogen-bond donors (Lipinski definition) is 4. The number of nitrogens with two attached hydrogens (primary N) is 1. The summed E-state index contributed by atoms with van der Waals surface area (Å²) in [6, 6.07) is 0. The van der Waals surface area contributed by atoms with Crippen molar-refractivity contribution in [1.82, 2.24) is 19.9 Å². The van der Waals surface area contributed by atoms with E-state index >= 15 is 0 Å². The standard InChI is InChI=1S/C15H22N6O3/c1-14(23)7-15(24-6-9(14)22)2-4-21(5-3-15)12-10-11(18-8-17-10)19-13(16)20-12/h8-9,22-23H,2-7H2,1H3,(H3,16,17,18,19,20)/t9-,14-/m0/s1. The zero-order valence-corrected chi connectivity index (χ0v) is 13.6. The topological polar surface area (TPSA) is 133 Å². The highest BCUT2D eigenvalue weighted by molar-refractivity contribution is 5.84. The molecule has 0 bridgehead atoms. The van der Waals surface area contributed by atoms with Crippen molar-refractivity contribution >= 4 is 22.9 Å². The molecule has 130 valence electrons. The Kier molecular flexibility index (Phi) is 3.41. The van der Waals surface area contributed by atoms with Crippen LogP contribution in [-0.4, -0.2) is 67.2 Å². The van der Waals surface area contributed by atoms with Gasteiger partial charge in [0.15, 0.2) is 11.5 Å². The molecule has 1 spiro atoms. The lowest BCUT2D eigenvalue weighted by molar-refractivity contribution is -0.216. The number of aromatic nitrogens is 4. The molecule has 4 heterocycles. The van der Waals surface area contributed by atoms with Gasteiger partial charge in [0.1, 0.15) is 11.6 Å². The van der Waals surface area contributed by atoms with Crippen LogP contribution >= 0.6 is 0 Å². The highest BCUT2D eigenvalue weighted by Crippen LogP contribution is 2.40. The first-order valence-electron chi connectivity index (χ1n) is 8.15. The monoisotopic (exact) mass is 334 g/mol. The first-order chi connectivity index (χ1) is 11.4. The van der Waals surface area contributed by atoms with Crippen LogP contribution in [0, 0.1) is 0 Å². The van der Waals surface area contributed by atoms with Gasteiger partial charge >= 0.3 is 0 Å². The third-order valence-corrected chi connectivity index (χ3v) is 5.20. The molecule has 2 aliphatic rings. The van der Waals surface area contributed by atoms with Crippen LogP contribution in [0.25, 0.3) is 11.2 Å². The van der Waals surface area contributed by atoms with Gasteiger partial charge in [-0.1, -0.05) is 0 Å². The van der Waals surface area contributed by atoms with Gasteiger partial charge in [-0.05, 0) is 19.8 Å². The molecule has 9 nitrogen and oxygen atoms in total. The van der Waals surface area contributed by atoms with Crippen molar-refractivity contribution in [3.05, 3.63) is 6.33 Å². The molecule has 5 N–H and O–H groups in total. The molecular weight excluding hydrogens is 312 g/mol. The smallest absolute Gasteiger partial charge is 0.224 e. The number of nitrogen functional groups attached to an aromatic ring is 1. The zero-order valence-electron chi connectivity index (χ0n) is 13.6. The molecule has 0 aromatic carbocycles. The second-order valence-corrected chi connectivity index (χ2v) is 7.04. The van der Waals surface area contributed by atoms with Gasteiger partial charge < -0.3 is 30.6 Å². The summed E-state index contributed by atoms with van der Waals surface area (Å²) >= 11 is 0. The Bertz CT molecular complexity index is 753. The maximum Gasteiger partial charge on any atom is 0.224 e. The molecule has 9 heteroatoms. The highest BCUT2D eigenvalue weighted by Gasteiger charge is 2.48. The normalized spacial score (nSPS) is 30.1. The van der Waals surface area contributed by atoms with E-state index in [2.05, 4.69) is 24.8 Å². The van der Waals surface area contributed by atoms with Crippen molar-refractivity contribution in [2.75, 3.05) is 30.3 Å². The fourth-order valence-corrected chi connectivity index (χ4v) is 3.77. The summed E-state index contributed by atoms with van der Waals surface area (Å²) in [6.45, 7) is 3.28. The Balaban J connectivity index is 1.55. The van der Waals surface area contributed by atoms with Crippen LogP contribution in [0.15, 0.2) is 6.33 Å². The fourth-order valence-electron chi connectivity index (χ4n) is 3.77. The summed E-state index contributed by atoms with van der Waals surface area (Å²) in [5.41, 5.74) is 5.60. The molecule has 2 fully saturated rings. The third kappa shape index (κ3) is 2.48. The van der Waals surface area contributed by atoms with Crippen LogP contribution in [0.2, 0.25) is 0 Å². The SMILES string of the molecule is C[C@]1(O)CC2(CCN(c3nc(N)nc4nc[nH]c34)CC2)OC[C@@H]1O. The zero-order chi connectivity index (χ0) is 16.9. The molecule has 4 rings (SSSR count). The molecule has 2 atom stereocenters. The number of nitrogens with zero attached hydrogens (tertiary/aromatic N) is 4. The number of aromatic amines is 1. The van der Waals surface area contributed by atoms with E-state index in [4.69, 9.17) is 10.5 Å². The number of aliphatic hydroxyl groups is 2. The number of rotatable bonds is 1. The van der Waals surface area contributed by atoms with Gasteiger partial charge in [0.25, 0.3) is 0 Å². The van der Waals surface area contributed by atoms with E-state index in [0.29, 0.717) is 12.1 Å². The Hall–Kier alpha value is -1.97. The van der Waals surface area contributed by atoms with Crippen molar-refractivity contribution in [2.24, 2.45) is 0 Å². The summed E-state index contributed by atoms with van der Waals surface area (Å²) < 4.78 is 5.92. The average Bonchev–Trinajstić information content (AvgIpc) is 2.99. The van der Waals surface area contributed by atoms with Crippen molar-refractivity contribution in [3.8, 4) is 0 Å². The van der Waals surface area contributed by atoms with Gasteiger partial charge in [-0.15, -0.1) is 0 Å². The molecule has 24 heavy (non-hydrogen) atoms. The Labute approximate surface area is 138 Å². The molecule has 2 aliphatic heterocycles. The number of anilines is 2. The number of aliphatic hydroxyl groups excluding tert-OH is 1. The van der Waals surface area contributed by atoms with E-state index in [0.717, 1.165) is 37.3 Å². The molecule has 0 unspecified atom stereocenters. The van der Waals surface area contributed by atoms with Crippen LogP contribution in [0.5, 0.6) is 0 Å². The summed E-state index contributed by atoms with van der Waals surface area (Å²) in [5, 5.41) is 20.3. The lowest BCUT2D eigenvalue weighted by atomic mass is 9.76. The van der Waals surface area contributed by atoms with Crippen LogP contribution in [0.4, 0.5) is 11.8 Å². The van der Waals surface area contributed by atoms with Gasteiger partial charge in [-0.3, -0.25) is 0 Å². The van der Waals surface area contributed by atoms with E-state index in [1.54, 1.807) is 13.3 Å². The lowest BCUT2D eigenvalue weighted by Crippen LogP contribution is -2.59. The maximum absolute atomic E-state index is 10.4.